The van der Waals surface area contributed by atoms with Gasteiger partial charge in [-0.1, -0.05) is 12.1 Å². The number of rotatable bonds is 6. The zero-order chi connectivity index (χ0) is 18.0. The van der Waals surface area contributed by atoms with Crippen molar-refractivity contribution in [3.63, 3.8) is 0 Å². The van der Waals surface area contributed by atoms with Crippen LogP contribution in [0.1, 0.15) is 31.4 Å². The third-order valence-corrected chi connectivity index (χ3v) is 3.97. The Hall–Kier alpha value is -2.09. The Morgan fingerprint density at radius 2 is 1.88 bits per heavy atom. The van der Waals surface area contributed by atoms with E-state index in [0.717, 1.165) is 17.0 Å². The molecule has 0 unspecified atom stereocenters. The van der Waals surface area contributed by atoms with Gasteiger partial charge in [0, 0.05) is 12.1 Å². The number of imide groups is 1. The summed E-state index contributed by atoms with van der Waals surface area (Å²) < 4.78 is 38.4. The van der Waals surface area contributed by atoms with Crippen LogP contribution in [0.25, 0.3) is 0 Å². The van der Waals surface area contributed by atoms with Gasteiger partial charge in [0.2, 0.25) is 5.91 Å². The zero-order valence-corrected chi connectivity index (χ0v) is 13.5. The first-order valence-corrected chi connectivity index (χ1v) is 7.62. The lowest BCUT2D eigenvalue weighted by Crippen LogP contribution is -2.39. The van der Waals surface area contributed by atoms with Gasteiger partial charge in [-0.15, -0.1) is 0 Å². The maximum atomic E-state index is 12.8. The van der Waals surface area contributed by atoms with Crippen molar-refractivity contribution in [3.8, 4) is 0 Å². The van der Waals surface area contributed by atoms with Gasteiger partial charge in [0.15, 0.2) is 0 Å². The molecule has 0 atom stereocenters. The molecule has 0 aromatic heterocycles. The van der Waals surface area contributed by atoms with Crippen LogP contribution in [0.15, 0.2) is 24.3 Å². The number of nitrogens with zero attached hydrogens (tertiary/aromatic N) is 1. The molecule has 2 N–H and O–H groups in total. The van der Waals surface area contributed by atoms with E-state index in [1.54, 1.807) is 19.9 Å². The smallest absolute Gasteiger partial charge is 0.329 e. The molecule has 0 aliphatic carbocycles. The van der Waals surface area contributed by atoms with Crippen LogP contribution in [-0.2, 0) is 16.5 Å². The third-order valence-electron chi connectivity index (χ3n) is 3.97. The summed E-state index contributed by atoms with van der Waals surface area (Å²) in [6, 6.07) is 4.79. The van der Waals surface area contributed by atoms with E-state index in [2.05, 4.69) is 10.6 Å². The van der Waals surface area contributed by atoms with E-state index in [0.29, 0.717) is 18.5 Å². The molecule has 24 heavy (non-hydrogen) atoms. The van der Waals surface area contributed by atoms with Crippen LogP contribution in [-0.4, -0.2) is 36.5 Å². The first-order valence-electron chi connectivity index (χ1n) is 7.62. The second kappa shape index (κ2) is 6.80. The molecule has 0 saturated carbocycles. The van der Waals surface area contributed by atoms with Crippen molar-refractivity contribution in [2.45, 2.75) is 32.0 Å². The van der Waals surface area contributed by atoms with Crippen LogP contribution < -0.4 is 10.6 Å². The SMILES string of the molecule is CC(C)(NCCCN1C(=O)CNC1=O)c1cccc(C(F)(F)F)c1. The van der Waals surface area contributed by atoms with Gasteiger partial charge >= 0.3 is 12.2 Å². The van der Waals surface area contributed by atoms with E-state index in [1.165, 1.54) is 6.07 Å². The Labute approximate surface area is 138 Å². The highest BCUT2D eigenvalue weighted by Crippen LogP contribution is 2.31. The van der Waals surface area contributed by atoms with Crippen molar-refractivity contribution < 1.29 is 22.8 Å². The maximum Gasteiger partial charge on any atom is 0.416 e. The van der Waals surface area contributed by atoms with E-state index in [-0.39, 0.29) is 19.0 Å². The van der Waals surface area contributed by atoms with Crippen LogP contribution in [0.4, 0.5) is 18.0 Å². The van der Waals surface area contributed by atoms with Crippen molar-refractivity contribution in [1.29, 1.82) is 0 Å². The van der Waals surface area contributed by atoms with E-state index in [9.17, 15) is 22.8 Å². The highest BCUT2D eigenvalue weighted by atomic mass is 19.4. The first kappa shape index (κ1) is 18.3. The van der Waals surface area contributed by atoms with Gasteiger partial charge in [0.05, 0.1) is 12.1 Å². The number of carbonyl (C=O) groups is 2. The molecule has 1 aliphatic heterocycles. The van der Waals surface area contributed by atoms with Crippen molar-refractivity contribution in [2.24, 2.45) is 0 Å². The highest BCUT2D eigenvalue weighted by Gasteiger charge is 2.32. The molecule has 1 saturated heterocycles. The number of amides is 3. The molecular formula is C16H20F3N3O2. The van der Waals surface area contributed by atoms with Gasteiger partial charge in [0.25, 0.3) is 0 Å². The van der Waals surface area contributed by atoms with Crippen LogP contribution >= 0.6 is 0 Å². The minimum atomic E-state index is -4.38. The number of hydrogen-bond acceptors (Lipinski definition) is 3. The average molecular weight is 343 g/mol. The fourth-order valence-electron chi connectivity index (χ4n) is 2.51. The summed E-state index contributed by atoms with van der Waals surface area (Å²) in [5.74, 6) is -0.267. The topological polar surface area (TPSA) is 61.4 Å². The van der Waals surface area contributed by atoms with Crippen molar-refractivity contribution in [2.75, 3.05) is 19.6 Å². The fraction of sp³-hybridized carbons (Fsp3) is 0.500. The van der Waals surface area contributed by atoms with Crippen molar-refractivity contribution in [3.05, 3.63) is 35.4 Å². The lowest BCUT2D eigenvalue weighted by Gasteiger charge is -2.28. The van der Waals surface area contributed by atoms with Crippen LogP contribution in [0, 0.1) is 0 Å². The van der Waals surface area contributed by atoms with Gasteiger partial charge in [-0.2, -0.15) is 13.2 Å². The minimum absolute atomic E-state index is 0.0159. The zero-order valence-electron chi connectivity index (χ0n) is 13.5. The second-order valence-corrected chi connectivity index (χ2v) is 6.19. The summed E-state index contributed by atoms with van der Waals surface area (Å²) in [5, 5.41) is 5.60. The molecule has 1 aromatic carbocycles. The molecule has 1 aromatic rings. The van der Waals surface area contributed by atoms with Crippen LogP contribution in [0.3, 0.4) is 0 Å². The monoisotopic (exact) mass is 343 g/mol. The Morgan fingerprint density at radius 1 is 1.21 bits per heavy atom. The van der Waals surface area contributed by atoms with E-state index in [1.807, 2.05) is 0 Å². The standard InChI is InChI=1S/C16H20F3N3O2/c1-15(2,11-5-3-6-12(9-11)16(17,18)19)21-7-4-8-22-13(23)10-20-14(22)24/h3,5-6,9,21H,4,7-8,10H2,1-2H3,(H,20,24). The Balaban J connectivity index is 1.92. The van der Waals surface area contributed by atoms with E-state index >= 15 is 0 Å². The Morgan fingerprint density at radius 3 is 2.46 bits per heavy atom. The molecule has 2 rings (SSSR count). The quantitative estimate of drug-likeness (QED) is 0.616. The first-order chi connectivity index (χ1) is 11.1. The number of urea groups is 1. The summed E-state index contributed by atoms with van der Waals surface area (Å²) in [4.78, 5) is 24.0. The summed E-state index contributed by atoms with van der Waals surface area (Å²) in [7, 11) is 0. The molecule has 0 radical (unpaired) electrons. The molecule has 1 aliphatic rings. The van der Waals surface area contributed by atoms with Crippen molar-refractivity contribution >= 4 is 11.9 Å². The van der Waals surface area contributed by atoms with Gasteiger partial charge in [-0.25, -0.2) is 4.79 Å². The number of hydrogen-bond donors (Lipinski definition) is 2. The summed E-state index contributed by atoms with van der Waals surface area (Å²) in [6.07, 6.45) is -3.86. The van der Waals surface area contributed by atoms with Gasteiger partial charge < -0.3 is 10.6 Å². The molecule has 0 bridgehead atoms. The maximum absolute atomic E-state index is 12.8. The van der Waals surface area contributed by atoms with Crippen LogP contribution in [0.2, 0.25) is 0 Å². The normalized spacial score (nSPS) is 15.8. The van der Waals surface area contributed by atoms with Crippen molar-refractivity contribution in [1.82, 2.24) is 15.5 Å². The number of nitrogens with one attached hydrogen (secondary N) is 2. The molecule has 0 spiro atoms. The highest BCUT2D eigenvalue weighted by molar-refractivity contribution is 6.01. The Kier molecular flexibility index (Phi) is 5.17. The molecule has 1 heterocycles. The molecule has 1 fully saturated rings. The molecular weight excluding hydrogens is 323 g/mol. The van der Waals surface area contributed by atoms with Gasteiger partial charge in [-0.05, 0) is 44.5 Å². The lowest BCUT2D eigenvalue weighted by atomic mass is 9.92. The summed E-state index contributed by atoms with van der Waals surface area (Å²) in [6.45, 7) is 4.32. The van der Waals surface area contributed by atoms with E-state index < -0.39 is 23.3 Å². The molecule has 3 amide bonds. The predicted molar refractivity (Wildman–Crippen MR) is 82.2 cm³/mol. The number of halogens is 3. The number of carbonyl (C=O) groups excluding carboxylic acids is 2. The molecule has 8 heteroatoms. The van der Waals surface area contributed by atoms with E-state index in [4.69, 9.17) is 0 Å². The predicted octanol–water partition coefficient (Wildman–Crippen LogP) is 2.47. The Bertz CT molecular complexity index is 613. The second-order valence-electron chi connectivity index (χ2n) is 6.19. The molecule has 5 nitrogen and oxygen atoms in total. The molecule has 132 valence electrons. The third kappa shape index (κ3) is 4.25. The minimum Gasteiger partial charge on any atom is -0.329 e. The summed E-state index contributed by atoms with van der Waals surface area (Å²) in [5.41, 5.74) is -0.833. The summed E-state index contributed by atoms with van der Waals surface area (Å²) >= 11 is 0. The van der Waals surface area contributed by atoms with Crippen LogP contribution in [0.5, 0.6) is 0 Å². The van der Waals surface area contributed by atoms with Gasteiger partial charge in [-0.3, -0.25) is 9.69 Å². The van der Waals surface area contributed by atoms with Gasteiger partial charge in [0.1, 0.15) is 0 Å². The lowest BCUT2D eigenvalue weighted by molar-refractivity contribution is -0.137. The number of benzene rings is 1. The number of alkyl halides is 3. The average Bonchev–Trinajstić information content (AvgIpc) is 2.82. The largest absolute Gasteiger partial charge is 0.416 e. The fourth-order valence-corrected chi connectivity index (χ4v) is 2.51.